The second-order valence-electron chi connectivity index (χ2n) is 3.85. The second kappa shape index (κ2) is 5.72. The van der Waals surface area contributed by atoms with Gasteiger partial charge in [0.2, 0.25) is 0 Å². The van der Waals surface area contributed by atoms with E-state index in [1.54, 1.807) is 0 Å². The van der Waals surface area contributed by atoms with Gasteiger partial charge in [0.25, 0.3) is 0 Å². The molecule has 0 spiro atoms. The van der Waals surface area contributed by atoms with Gasteiger partial charge in [-0.3, -0.25) is 0 Å². The van der Waals surface area contributed by atoms with Gasteiger partial charge in [-0.05, 0) is 28.3 Å². The number of hydrogen-bond acceptors (Lipinski definition) is 0. The first kappa shape index (κ1) is 12.7. The Hall–Kier alpha value is -0.763. The third kappa shape index (κ3) is 2.92. The van der Waals surface area contributed by atoms with Gasteiger partial charge in [-0.1, -0.05) is 55.5 Å². The lowest BCUT2D eigenvalue weighted by molar-refractivity contribution is 1.15. The van der Waals surface area contributed by atoms with Crippen molar-refractivity contribution in [2.24, 2.45) is 0 Å². The molecule has 0 aliphatic heterocycles. The molecule has 0 N–H and O–H groups in total. The van der Waals surface area contributed by atoms with Crippen molar-refractivity contribution in [2.75, 3.05) is 0 Å². The molecule has 0 saturated heterocycles. The third-order valence-electron chi connectivity index (χ3n) is 2.80. The number of aryl methyl sites for hydroxylation is 1. The number of hydrogen-bond donors (Lipinski definition) is 0. The predicted octanol–water partition coefficient (Wildman–Crippen LogP) is 4.09. The van der Waals surface area contributed by atoms with Gasteiger partial charge in [-0.25, -0.2) is 0 Å². The fraction of sp³-hybridized carbons (Fsp3) is 0.143. The second-order valence-corrected chi connectivity index (χ2v) is 7.76. The molecule has 2 rings (SSSR count). The molecule has 0 aliphatic carbocycles. The van der Waals surface area contributed by atoms with Gasteiger partial charge < -0.3 is 0 Å². The van der Waals surface area contributed by atoms with Gasteiger partial charge >= 0.3 is 7.42 Å². The SMILES string of the molecule is CCc1ccc(-c2ccccc2)cc1[Si](Cl)Cl. The highest BCUT2D eigenvalue weighted by Crippen LogP contribution is 2.19. The molecular weight excluding hydrogens is 267 g/mol. The first-order chi connectivity index (χ1) is 8.22. The summed E-state index contributed by atoms with van der Waals surface area (Å²) in [6, 6.07) is 16.7. The highest BCUT2D eigenvalue weighted by Gasteiger charge is 2.13. The molecule has 87 valence electrons. The van der Waals surface area contributed by atoms with E-state index in [2.05, 4.69) is 37.3 Å². The Morgan fingerprint density at radius 1 is 0.941 bits per heavy atom. The van der Waals surface area contributed by atoms with Crippen LogP contribution in [0.25, 0.3) is 11.1 Å². The first-order valence-electron chi connectivity index (χ1n) is 5.59. The Kier molecular flexibility index (Phi) is 4.27. The molecule has 0 bridgehead atoms. The number of benzene rings is 2. The fourth-order valence-electron chi connectivity index (χ4n) is 1.87. The van der Waals surface area contributed by atoms with Crippen molar-refractivity contribution in [3.8, 4) is 11.1 Å². The molecule has 2 aromatic rings. The Balaban J connectivity index is 2.48. The van der Waals surface area contributed by atoms with Crippen molar-refractivity contribution < 1.29 is 0 Å². The highest BCUT2D eigenvalue weighted by atomic mass is 35.7. The number of rotatable bonds is 3. The van der Waals surface area contributed by atoms with Crippen LogP contribution in [0.2, 0.25) is 0 Å². The van der Waals surface area contributed by atoms with Crippen molar-refractivity contribution in [3.63, 3.8) is 0 Å². The lowest BCUT2D eigenvalue weighted by Gasteiger charge is -2.10. The van der Waals surface area contributed by atoms with Crippen molar-refractivity contribution >= 4 is 34.8 Å². The van der Waals surface area contributed by atoms with E-state index in [0.717, 1.165) is 11.6 Å². The Bertz CT molecular complexity index is 495. The molecule has 0 saturated carbocycles. The first-order valence-corrected chi connectivity index (χ1v) is 9.11. The molecule has 0 unspecified atom stereocenters. The van der Waals surface area contributed by atoms with Crippen LogP contribution in [-0.4, -0.2) is 7.42 Å². The molecule has 3 heteroatoms. The lowest BCUT2D eigenvalue weighted by atomic mass is 10.0. The highest BCUT2D eigenvalue weighted by molar-refractivity contribution is 7.39. The van der Waals surface area contributed by atoms with Gasteiger partial charge in [0.05, 0.1) is 0 Å². The summed E-state index contributed by atoms with van der Waals surface area (Å²) >= 11 is 12.2. The zero-order valence-corrected chi connectivity index (χ0v) is 12.1. The molecule has 0 aliphatic rings. The predicted molar refractivity (Wildman–Crippen MR) is 78.4 cm³/mol. The maximum atomic E-state index is 6.11. The largest absolute Gasteiger partial charge is 0.307 e. The van der Waals surface area contributed by atoms with Gasteiger partial charge in [-0.15, -0.1) is 22.2 Å². The van der Waals surface area contributed by atoms with E-state index in [-0.39, 0.29) is 0 Å². The Morgan fingerprint density at radius 2 is 1.65 bits per heavy atom. The molecule has 0 aromatic heterocycles. The quantitative estimate of drug-likeness (QED) is 0.587. The summed E-state index contributed by atoms with van der Waals surface area (Å²) in [5.74, 6) is 0. The molecular formula is C14H13Cl2Si. The average Bonchev–Trinajstić information content (AvgIpc) is 2.39. The normalized spacial score (nSPS) is 10.8. The van der Waals surface area contributed by atoms with E-state index in [1.807, 2.05) is 18.2 Å². The Labute approximate surface area is 113 Å². The van der Waals surface area contributed by atoms with Crippen LogP contribution in [0, 0.1) is 0 Å². The van der Waals surface area contributed by atoms with E-state index >= 15 is 0 Å². The number of halogens is 2. The fourth-order valence-corrected chi connectivity index (χ4v) is 3.69. The van der Waals surface area contributed by atoms with Gasteiger partial charge in [0.15, 0.2) is 0 Å². The molecule has 2 aromatic carbocycles. The minimum Gasteiger partial charge on any atom is -0.140 e. The van der Waals surface area contributed by atoms with Crippen LogP contribution in [0.15, 0.2) is 48.5 Å². The van der Waals surface area contributed by atoms with E-state index in [4.69, 9.17) is 22.2 Å². The van der Waals surface area contributed by atoms with E-state index < -0.39 is 7.42 Å². The van der Waals surface area contributed by atoms with E-state index in [0.29, 0.717) is 0 Å². The molecule has 0 atom stereocenters. The van der Waals surface area contributed by atoms with Crippen LogP contribution in [0.4, 0.5) is 0 Å². The molecule has 0 amide bonds. The van der Waals surface area contributed by atoms with Crippen molar-refractivity contribution in [1.82, 2.24) is 0 Å². The van der Waals surface area contributed by atoms with Crippen LogP contribution in [-0.2, 0) is 6.42 Å². The van der Waals surface area contributed by atoms with Crippen LogP contribution in [0.5, 0.6) is 0 Å². The third-order valence-corrected chi connectivity index (χ3v) is 4.90. The smallest absolute Gasteiger partial charge is 0.140 e. The van der Waals surface area contributed by atoms with Crippen LogP contribution >= 0.6 is 22.2 Å². The molecule has 17 heavy (non-hydrogen) atoms. The van der Waals surface area contributed by atoms with Crippen LogP contribution < -0.4 is 5.19 Å². The molecule has 1 radical (unpaired) electrons. The van der Waals surface area contributed by atoms with Crippen molar-refractivity contribution in [2.45, 2.75) is 13.3 Å². The summed E-state index contributed by atoms with van der Waals surface area (Å²) in [4.78, 5) is 0. The van der Waals surface area contributed by atoms with Crippen molar-refractivity contribution in [3.05, 3.63) is 54.1 Å². The summed E-state index contributed by atoms with van der Waals surface area (Å²) < 4.78 is 0. The Morgan fingerprint density at radius 3 is 2.24 bits per heavy atom. The van der Waals surface area contributed by atoms with Gasteiger partial charge in [-0.2, -0.15) is 0 Å². The maximum Gasteiger partial charge on any atom is 0.307 e. The summed E-state index contributed by atoms with van der Waals surface area (Å²) in [5.41, 5.74) is 3.64. The monoisotopic (exact) mass is 279 g/mol. The summed E-state index contributed by atoms with van der Waals surface area (Å²) in [5, 5.41) is 1.11. The molecule has 0 fully saturated rings. The minimum atomic E-state index is -1.44. The summed E-state index contributed by atoms with van der Waals surface area (Å²) in [6.45, 7) is 2.12. The zero-order valence-electron chi connectivity index (χ0n) is 9.58. The average molecular weight is 280 g/mol. The molecule has 0 heterocycles. The van der Waals surface area contributed by atoms with Gasteiger partial charge in [0, 0.05) is 0 Å². The summed E-state index contributed by atoms with van der Waals surface area (Å²) in [6.07, 6.45) is 0.970. The van der Waals surface area contributed by atoms with Crippen LogP contribution in [0.1, 0.15) is 12.5 Å². The standard InChI is InChI=1S/C14H13Cl2Si/c1-2-11-8-9-13(10-14(11)17(15)16)12-6-4-3-5-7-12/h3-10H,2H2,1H3. The lowest BCUT2D eigenvalue weighted by Crippen LogP contribution is -2.22. The maximum absolute atomic E-state index is 6.11. The van der Waals surface area contributed by atoms with E-state index in [1.165, 1.54) is 16.7 Å². The van der Waals surface area contributed by atoms with Gasteiger partial charge in [0.1, 0.15) is 0 Å². The van der Waals surface area contributed by atoms with Crippen molar-refractivity contribution in [1.29, 1.82) is 0 Å². The summed E-state index contributed by atoms with van der Waals surface area (Å²) in [7, 11) is -1.44. The van der Waals surface area contributed by atoms with Crippen LogP contribution in [0.3, 0.4) is 0 Å². The molecule has 0 nitrogen and oxygen atoms in total. The minimum absolute atomic E-state index is 0.970. The van der Waals surface area contributed by atoms with E-state index in [9.17, 15) is 0 Å². The topological polar surface area (TPSA) is 0 Å². The zero-order chi connectivity index (χ0) is 12.3.